The first-order valence-electron chi connectivity index (χ1n) is 3.92. The van der Waals surface area contributed by atoms with Gasteiger partial charge in [-0.3, -0.25) is 4.79 Å². The maximum atomic E-state index is 11.2. The fourth-order valence-electron chi connectivity index (χ4n) is 1.25. The Hall–Kier alpha value is -0.180. The molecule has 0 bridgehead atoms. The molecule has 0 aromatic heterocycles. The van der Waals surface area contributed by atoms with Crippen LogP contribution < -0.4 is 0 Å². The molecule has 0 saturated carbocycles. The molecule has 0 heterocycles. The smallest absolute Gasteiger partial charge is 0.232 e. The van der Waals surface area contributed by atoms with E-state index in [-0.39, 0.29) is 18.0 Å². The minimum atomic E-state index is 0.110. The molecule has 0 radical (unpaired) electrons. The highest BCUT2D eigenvalue weighted by molar-refractivity contribution is 7.81. The van der Waals surface area contributed by atoms with Crippen molar-refractivity contribution >= 4 is 18.5 Å². The van der Waals surface area contributed by atoms with Crippen molar-refractivity contribution in [3.8, 4) is 0 Å². The molecule has 2 nitrogen and oxygen atoms in total. The second-order valence-electron chi connectivity index (χ2n) is 3.15. The summed E-state index contributed by atoms with van der Waals surface area (Å²) < 4.78 is 0. The van der Waals surface area contributed by atoms with Crippen molar-refractivity contribution in [2.75, 3.05) is 5.75 Å². The number of nitrogens with zero attached hydrogens (tertiary/aromatic N) is 1. The zero-order valence-electron chi connectivity index (χ0n) is 7.66. The lowest BCUT2D eigenvalue weighted by Crippen LogP contribution is -2.42. The van der Waals surface area contributed by atoms with Crippen molar-refractivity contribution < 1.29 is 4.79 Å². The average Bonchev–Trinajstić information content (AvgIpc) is 1.85. The molecule has 0 aliphatic carbocycles. The molecular formula is C8H17NOS. The molecule has 3 heteroatoms. The van der Waals surface area contributed by atoms with E-state index in [9.17, 15) is 4.79 Å². The number of rotatable bonds is 3. The summed E-state index contributed by atoms with van der Waals surface area (Å²) in [6.45, 7) is 8.06. The van der Waals surface area contributed by atoms with Gasteiger partial charge in [0.15, 0.2) is 0 Å². The lowest BCUT2D eigenvalue weighted by molar-refractivity contribution is -0.131. The molecule has 0 fully saturated rings. The van der Waals surface area contributed by atoms with Gasteiger partial charge in [-0.25, -0.2) is 0 Å². The Balaban J connectivity index is 4.22. The van der Waals surface area contributed by atoms with Crippen LogP contribution in [0.2, 0.25) is 0 Å². The highest BCUT2D eigenvalue weighted by atomic mass is 32.1. The van der Waals surface area contributed by atoms with E-state index in [1.165, 1.54) is 0 Å². The molecular weight excluding hydrogens is 158 g/mol. The van der Waals surface area contributed by atoms with Crippen LogP contribution in [0.1, 0.15) is 27.7 Å². The monoisotopic (exact) mass is 175 g/mol. The number of hydrogen-bond donors (Lipinski definition) is 1. The summed E-state index contributed by atoms with van der Waals surface area (Å²) in [5.74, 6) is 0.412. The minimum absolute atomic E-state index is 0.110. The van der Waals surface area contributed by atoms with Gasteiger partial charge < -0.3 is 4.90 Å². The summed E-state index contributed by atoms with van der Waals surface area (Å²) in [6.07, 6.45) is 0. The number of carbonyl (C=O) groups is 1. The van der Waals surface area contributed by atoms with Crippen LogP contribution >= 0.6 is 12.6 Å². The van der Waals surface area contributed by atoms with Crippen molar-refractivity contribution in [1.82, 2.24) is 4.90 Å². The minimum Gasteiger partial charge on any atom is -0.337 e. The van der Waals surface area contributed by atoms with E-state index in [1.807, 2.05) is 32.6 Å². The predicted octanol–water partition coefficient (Wildman–Crippen LogP) is 1.56. The molecule has 0 atom stereocenters. The Bertz CT molecular complexity index is 126. The van der Waals surface area contributed by atoms with Crippen LogP contribution in [0.15, 0.2) is 0 Å². The topological polar surface area (TPSA) is 20.3 Å². The van der Waals surface area contributed by atoms with Crippen molar-refractivity contribution in [2.24, 2.45) is 0 Å². The molecule has 0 aliphatic rings. The SMILES string of the molecule is CC(C)N(C(=O)CS)C(C)C. The van der Waals surface area contributed by atoms with Crippen LogP contribution in [-0.2, 0) is 4.79 Å². The van der Waals surface area contributed by atoms with Crippen LogP contribution in [-0.4, -0.2) is 28.6 Å². The molecule has 66 valence electrons. The molecule has 0 aromatic carbocycles. The number of thiol groups is 1. The van der Waals surface area contributed by atoms with Gasteiger partial charge in [0.25, 0.3) is 0 Å². The molecule has 0 saturated heterocycles. The maximum Gasteiger partial charge on any atom is 0.232 e. The van der Waals surface area contributed by atoms with Gasteiger partial charge in [0.2, 0.25) is 5.91 Å². The van der Waals surface area contributed by atoms with Crippen LogP contribution in [0.5, 0.6) is 0 Å². The van der Waals surface area contributed by atoms with E-state index in [2.05, 4.69) is 12.6 Å². The van der Waals surface area contributed by atoms with Crippen LogP contribution in [0, 0.1) is 0 Å². The van der Waals surface area contributed by atoms with E-state index in [0.717, 1.165) is 0 Å². The fourth-order valence-corrected chi connectivity index (χ4v) is 1.42. The highest BCUT2D eigenvalue weighted by Crippen LogP contribution is 2.05. The summed E-state index contributed by atoms with van der Waals surface area (Å²) >= 11 is 3.95. The highest BCUT2D eigenvalue weighted by Gasteiger charge is 2.17. The number of hydrogen-bond acceptors (Lipinski definition) is 2. The second-order valence-corrected chi connectivity index (χ2v) is 3.46. The second kappa shape index (κ2) is 4.65. The summed E-state index contributed by atoms with van der Waals surface area (Å²) in [5.41, 5.74) is 0. The van der Waals surface area contributed by atoms with E-state index in [4.69, 9.17) is 0 Å². The quantitative estimate of drug-likeness (QED) is 0.645. The Labute approximate surface area is 74.4 Å². The summed E-state index contributed by atoms with van der Waals surface area (Å²) in [4.78, 5) is 13.1. The first kappa shape index (κ1) is 10.8. The largest absolute Gasteiger partial charge is 0.337 e. The van der Waals surface area contributed by atoms with Crippen LogP contribution in [0.25, 0.3) is 0 Å². The standard InChI is InChI=1S/C8H17NOS/c1-6(2)9(7(3)4)8(10)5-11/h6-7,11H,5H2,1-4H3. The molecule has 11 heavy (non-hydrogen) atoms. The molecule has 0 aliphatic heterocycles. The molecule has 1 amide bonds. The Kier molecular flexibility index (Phi) is 4.57. The van der Waals surface area contributed by atoms with Gasteiger partial charge in [0, 0.05) is 12.1 Å². The first-order valence-corrected chi connectivity index (χ1v) is 4.56. The molecule has 0 unspecified atom stereocenters. The average molecular weight is 175 g/mol. The van der Waals surface area contributed by atoms with Gasteiger partial charge in [0.1, 0.15) is 0 Å². The summed E-state index contributed by atoms with van der Waals surface area (Å²) in [6, 6.07) is 0.546. The lowest BCUT2D eigenvalue weighted by Gasteiger charge is -2.30. The third-order valence-electron chi connectivity index (χ3n) is 1.54. The summed E-state index contributed by atoms with van der Waals surface area (Å²) in [5, 5.41) is 0. The van der Waals surface area contributed by atoms with Crippen molar-refractivity contribution in [1.29, 1.82) is 0 Å². The van der Waals surface area contributed by atoms with E-state index >= 15 is 0 Å². The van der Waals surface area contributed by atoms with Crippen molar-refractivity contribution in [2.45, 2.75) is 39.8 Å². The molecule has 0 rings (SSSR count). The summed E-state index contributed by atoms with van der Waals surface area (Å²) in [7, 11) is 0. The maximum absolute atomic E-state index is 11.2. The van der Waals surface area contributed by atoms with Gasteiger partial charge in [-0.15, -0.1) is 0 Å². The van der Waals surface area contributed by atoms with Gasteiger partial charge in [-0.2, -0.15) is 12.6 Å². The molecule has 0 N–H and O–H groups in total. The normalized spacial score (nSPS) is 10.8. The molecule has 0 aromatic rings. The van der Waals surface area contributed by atoms with Crippen LogP contribution in [0.4, 0.5) is 0 Å². The molecule has 0 spiro atoms. The van der Waals surface area contributed by atoms with Gasteiger partial charge >= 0.3 is 0 Å². The third kappa shape index (κ3) is 3.14. The zero-order chi connectivity index (χ0) is 9.02. The van der Waals surface area contributed by atoms with Crippen LogP contribution in [0.3, 0.4) is 0 Å². The van der Waals surface area contributed by atoms with Gasteiger partial charge in [0.05, 0.1) is 5.75 Å². The van der Waals surface area contributed by atoms with E-state index < -0.39 is 0 Å². The Morgan fingerprint density at radius 1 is 1.27 bits per heavy atom. The number of amides is 1. The van der Waals surface area contributed by atoms with E-state index in [1.54, 1.807) is 0 Å². The Morgan fingerprint density at radius 2 is 1.64 bits per heavy atom. The van der Waals surface area contributed by atoms with Gasteiger partial charge in [-0.05, 0) is 27.7 Å². The van der Waals surface area contributed by atoms with Crippen molar-refractivity contribution in [3.63, 3.8) is 0 Å². The zero-order valence-corrected chi connectivity index (χ0v) is 8.56. The predicted molar refractivity (Wildman–Crippen MR) is 51.0 cm³/mol. The van der Waals surface area contributed by atoms with E-state index in [0.29, 0.717) is 5.75 Å². The first-order chi connectivity index (χ1) is 5.00. The number of carbonyl (C=O) groups excluding carboxylic acids is 1. The lowest BCUT2D eigenvalue weighted by atomic mass is 10.2. The van der Waals surface area contributed by atoms with Gasteiger partial charge in [-0.1, -0.05) is 0 Å². The third-order valence-corrected chi connectivity index (χ3v) is 1.81. The van der Waals surface area contributed by atoms with Crippen molar-refractivity contribution in [3.05, 3.63) is 0 Å². The fraction of sp³-hybridized carbons (Fsp3) is 0.875. The Morgan fingerprint density at radius 3 is 1.73 bits per heavy atom.